The highest BCUT2D eigenvalue weighted by Crippen LogP contribution is 2.58. The Labute approximate surface area is 257 Å². The smallest absolute Gasteiger partial charge is 0.238 e. The molecule has 0 saturated carbocycles. The maximum absolute atomic E-state index is 15.0. The van der Waals surface area contributed by atoms with Gasteiger partial charge in [-0.05, 0) is 66.4 Å². The number of fused-ring (bicyclic) bond motifs is 6. The second-order valence-electron chi connectivity index (χ2n) is 11.9. The Morgan fingerprint density at radius 2 is 1.52 bits per heavy atom. The van der Waals surface area contributed by atoms with Crippen molar-refractivity contribution >= 4 is 34.4 Å². The summed E-state index contributed by atoms with van der Waals surface area (Å²) < 4.78 is 5.36. The van der Waals surface area contributed by atoms with Crippen molar-refractivity contribution in [3.05, 3.63) is 131 Å². The van der Waals surface area contributed by atoms with Crippen LogP contribution in [0.1, 0.15) is 57.7 Å². The number of carbonyl (C=O) groups excluding carboxylic acids is 3. The molecule has 4 atom stereocenters. The molecule has 1 saturated heterocycles. The molecule has 44 heavy (non-hydrogen) atoms. The summed E-state index contributed by atoms with van der Waals surface area (Å²) in [5, 5.41) is 3.10. The predicted molar refractivity (Wildman–Crippen MR) is 172 cm³/mol. The van der Waals surface area contributed by atoms with E-state index in [-0.39, 0.29) is 17.5 Å². The summed E-state index contributed by atoms with van der Waals surface area (Å²) in [6.07, 6.45) is 3.99. The zero-order chi connectivity index (χ0) is 30.6. The zero-order valence-electron chi connectivity index (χ0n) is 25.0. The molecular weight excluding hydrogens is 548 g/mol. The third-order valence-corrected chi connectivity index (χ3v) is 9.59. The molecule has 7 rings (SSSR count). The third-order valence-electron chi connectivity index (χ3n) is 9.59. The maximum Gasteiger partial charge on any atom is 0.238 e. The van der Waals surface area contributed by atoms with Crippen LogP contribution < -0.4 is 15.0 Å². The summed E-state index contributed by atoms with van der Waals surface area (Å²) in [5.74, 6) is -1.06. The van der Waals surface area contributed by atoms with E-state index in [1.807, 2.05) is 84.6 Å². The standard InChI is InChI=1S/C38H34N2O4/c1-4-9-24-14-16-25(17-15-24)35(41)33-34(36(42)26-18-20-27(44-3)21-19-26)40-31-13-8-5-10-28(31)23(2)22-32(40)38(33)29-11-6-7-12-30(29)39-37(38)43/h5-8,10-22,32-34H,4,9H2,1-3H3,(H,39,43)/t32-,33+,34+,38-/m1/s1. The minimum atomic E-state index is -1.34. The number of allylic oxidation sites excluding steroid dienone is 1. The van der Waals surface area contributed by atoms with Crippen LogP contribution >= 0.6 is 0 Å². The molecule has 6 nitrogen and oxygen atoms in total. The molecule has 0 radical (unpaired) electrons. The first-order chi connectivity index (χ1) is 21.4. The third kappa shape index (κ3) is 3.97. The van der Waals surface area contributed by atoms with E-state index in [4.69, 9.17) is 4.74 Å². The van der Waals surface area contributed by atoms with Crippen molar-refractivity contribution in [3.63, 3.8) is 0 Å². The fraction of sp³-hybridized carbons (Fsp3) is 0.237. The first kappa shape index (κ1) is 27.8. The van der Waals surface area contributed by atoms with E-state index in [0.29, 0.717) is 22.6 Å². The molecule has 4 aromatic rings. The van der Waals surface area contributed by atoms with Crippen molar-refractivity contribution < 1.29 is 19.1 Å². The number of amides is 1. The van der Waals surface area contributed by atoms with Gasteiger partial charge in [0, 0.05) is 28.1 Å². The molecule has 1 amide bonds. The minimum Gasteiger partial charge on any atom is -0.497 e. The number of methoxy groups -OCH3 is 1. The van der Waals surface area contributed by atoms with E-state index in [1.165, 1.54) is 0 Å². The van der Waals surface area contributed by atoms with Crippen molar-refractivity contribution in [3.8, 4) is 5.75 Å². The lowest BCUT2D eigenvalue weighted by atomic mass is 9.64. The van der Waals surface area contributed by atoms with Crippen LogP contribution in [-0.2, 0) is 16.6 Å². The molecular formula is C38H34N2O4. The number of ether oxygens (including phenoxy) is 1. The number of para-hydroxylation sites is 2. The van der Waals surface area contributed by atoms with Gasteiger partial charge in [-0.3, -0.25) is 14.4 Å². The molecule has 1 fully saturated rings. The van der Waals surface area contributed by atoms with Gasteiger partial charge in [0.05, 0.1) is 19.1 Å². The number of anilines is 2. The number of carbonyl (C=O) groups is 3. The van der Waals surface area contributed by atoms with E-state index in [2.05, 4.69) is 18.3 Å². The summed E-state index contributed by atoms with van der Waals surface area (Å²) >= 11 is 0. The number of aryl methyl sites for hydroxylation is 1. The molecule has 4 aromatic carbocycles. The van der Waals surface area contributed by atoms with Crippen LogP contribution in [0.25, 0.3) is 5.57 Å². The van der Waals surface area contributed by atoms with Crippen LogP contribution in [0.2, 0.25) is 0 Å². The monoisotopic (exact) mass is 582 g/mol. The highest BCUT2D eigenvalue weighted by molar-refractivity contribution is 6.18. The van der Waals surface area contributed by atoms with E-state index >= 15 is 4.79 Å². The Morgan fingerprint density at radius 3 is 2.25 bits per heavy atom. The van der Waals surface area contributed by atoms with E-state index in [9.17, 15) is 9.59 Å². The lowest BCUT2D eigenvalue weighted by Gasteiger charge is -2.39. The van der Waals surface area contributed by atoms with Crippen LogP contribution in [0, 0.1) is 5.92 Å². The fourth-order valence-corrected chi connectivity index (χ4v) is 7.62. The van der Waals surface area contributed by atoms with E-state index in [0.717, 1.165) is 40.8 Å². The lowest BCUT2D eigenvalue weighted by molar-refractivity contribution is -0.121. The molecule has 0 aromatic heterocycles. The topological polar surface area (TPSA) is 75.7 Å². The van der Waals surface area contributed by atoms with Gasteiger partial charge in [-0.15, -0.1) is 0 Å². The second-order valence-corrected chi connectivity index (χ2v) is 11.9. The van der Waals surface area contributed by atoms with Crippen molar-refractivity contribution in [2.24, 2.45) is 5.92 Å². The van der Waals surface area contributed by atoms with Gasteiger partial charge >= 0.3 is 0 Å². The van der Waals surface area contributed by atoms with Crippen molar-refractivity contribution in [2.45, 2.75) is 44.2 Å². The summed E-state index contributed by atoms with van der Waals surface area (Å²) in [6, 6.07) is 28.7. The number of nitrogens with one attached hydrogen (secondary N) is 1. The van der Waals surface area contributed by atoms with Crippen LogP contribution in [0.5, 0.6) is 5.75 Å². The summed E-state index contributed by atoms with van der Waals surface area (Å²) in [6.45, 7) is 4.15. The van der Waals surface area contributed by atoms with E-state index in [1.54, 1.807) is 31.4 Å². The summed E-state index contributed by atoms with van der Waals surface area (Å²) in [5.41, 5.74) is 5.01. The molecule has 1 spiro atoms. The van der Waals surface area contributed by atoms with Crippen LogP contribution in [-0.4, -0.2) is 36.7 Å². The summed E-state index contributed by atoms with van der Waals surface area (Å²) in [4.78, 5) is 46.5. The molecule has 3 aliphatic rings. The Balaban J connectivity index is 1.50. The number of Topliss-reactive ketones (excluding diaryl/α,β-unsaturated/α-hetero) is 2. The van der Waals surface area contributed by atoms with Gasteiger partial charge in [-0.25, -0.2) is 0 Å². The second kappa shape index (κ2) is 10.6. The number of nitrogens with zero attached hydrogens (tertiary/aromatic N) is 1. The molecule has 3 aliphatic heterocycles. The minimum absolute atomic E-state index is 0.213. The zero-order valence-corrected chi connectivity index (χ0v) is 25.0. The Bertz CT molecular complexity index is 1820. The molecule has 1 N–H and O–H groups in total. The largest absolute Gasteiger partial charge is 0.497 e. The molecule has 0 aliphatic carbocycles. The normalized spacial score (nSPS) is 23.0. The van der Waals surface area contributed by atoms with Crippen LogP contribution in [0.3, 0.4) is 0 Å². The average molecular weight is 583 g/mol. The molecule has 0 bridgehead atoms. The van der Waals surface area contributed by atoms with Crippen LogP contribution in [0.15, 0.2) is 103 Å². The van der Waals surface area contributed by atoms with Crippen molar-refractivity contribution in [1.29, 1.82) is 0 Å². The number of hydrogen-bond acceptors (Lipinski definition) is 5. The SMILES string of the molecule is CCCc1ccc(C(=O)[C@@H]2[C@@H](C(=O)c3ccc(OC)cc3)N3c4ccccc4C(C)=C[C@@H]3[C@@]23C(=O)Nc2ccccc23)cc1. The molecule has 3 heterocycles. The molecule has 220 valence electrons. The molecule has 0 unspecified atom stereocenters. The highest BCUT2D eigenvalue weighted by Gasteiger charge is 2.70. The van der Waals surface area contributed by atoms with Gasteiger partial charge in [0.25, 0.3) is 0 Å². The van der Waals surface area contributed by atoms with Gasteiger partial charge in [0.1, 0.15) is 17.2 Å². The van der Waals surface area contributed by atoms with Gasteiger partial charge in [-0.2, -0.15) is 0 Å². The quantitative estimate of drug-likeness (QED) is 0.240. The van der Waals surface area contributed by atoms with Gasteiger partial charge in [-0.1, -0.05) is 80.1 Å². The first-order valence-corrected chi connectivity index (χ1v) is 15.2. The van der Waals surface area contributed by atoms with Gasteiger partial charge < -0.3 is 15.0 Å². The fourth-order valence-electron chi connectivity index (χ4n) is 7.62. The Hall–Kier alpha value is -4.97. The number of benzene rings is 4. The molecule has 6 heteroatoms. The maximum atomic E-state index is 15.0. The van der Waals surface area contributed by atoms with Gasteiger partial charge in [0.15, 0.2) is 11.6 Å². The Morgan fingerprint density at radius 1 is 0.864 bits per heavy atom. The highest BCUT2D eigenvalue weighted by atomic mass is 16.5. The number of rotatable bonds is 7. The van der Waals surface area contributed by atoms with Gasteiger partial charge in [0.2, 0.25) is 5.91 Å². The number of hydrogen-bond donors (Lipinski definition) is 1. The average Bonchev–Trinajstić information content (AvgIpc) is 3.53. The predicted octanol–water partition coefficient (Wildman–Crippen LogP) is 6.89. The lowest BCUT2D eigenvalue weighted by Crippen LogP contribution is -2.51. The summed E-state index contributed by atoms with van der Waals surface area (Å²) in [7, 11) is 1.58. The Kier molecular flexibility index (Phi) is 6.73. The number of ketones is 2. The first-order valence-electron chi connectivity index (χ1n) is 15.2. The van der Waals surface area contributed by atoms with Crippen molar-refractivity contribution in [2.75, 3.05) is 17.3 Å². The van der Waals surface area contributed by atoms with E-state index < -0.39 is 23.4 Å². The van der Waals surface area contributed by atoms with Crippen molar-refractivity contribution in [1.82, 2.24) is 0 Å². The van der Waals surface area contributed by atoms with Crippen LogP contribution in [0.4, 0.5) is 11.4 Å².